The molecule has 1 amide bonds. The summed E-state index contributed by atoms with van der Waals surface area (Å²) in [5.74, 6) is 1.70. The summed E-state index contributed by atoms with van der Waals surface area (Å²) in [6.07, 6.45) is 1.75. The molecule has 2 aliphatic heterocycles. The van der Waals surface area contributed by atoms with Crippen LogP contribution in [0.25, 0.3) is 17.0 Å². The molecule has 41 heavy (non-hydrogen) atoms. The van der Waals surface area contributed by atoms with E-state index < -0.39 is 5.91 Å². The number of para-hydroxylation sites is 2. The molecule has 1 aromatic heterocycles. The second kappa shape index (κ2) is 11.3. The van der Waals surface area contributed by atoms with E-state index in [0.29, 0.717) is 23.4 Å². The van der Waals surface area contributed by atoms with Gasteiger partial charge in [0.1, 0.15) is 35.5 Å². The lowest BCUT2D eigenvalue weighted by Crippen LogP contribution is -2.35. The van der Waals surface area contributed by atoms with Crippen LogP contribution in [0, 0.1) is 12.3 Å². The van der Waals surface area contributed by atoms with Crippen LogP contribution in [0.1, 0.15) is 11.3 Å². The van der Waals surface area contributed by atoms with Gasteiger partial charge in [0.25, 0.3) is 5.91 Å². The predicted octanol–water partition coefficient (Wildman–Crippen LogP) is 5.74. The second-order valence-electron chi connectivity index (χ2n) is 9.31. The quantitative estimate of drug-likeness (QED) is 0.260. The fourth-order valence-corrected chi connectivity index (χ4v) is 5.57. The van der Waals surface area contributed by atoms with Gasteiger partial charge in [-0.15, -0.1) is 0 Å². The first-order valence-electron chi connectivity index (χ1n) is 13.0. The van der Waals surface area contributed by atoms with Gasteiger partial charge in [0.15, 0.2) is 5.84 Å². The van der Waals surface area contributed by atoms with Crippen molar-refractivity contribution in [3.63, 3.8) is 0 Å². The monoisotopic (exact) mass is 565 g/mol. The van der Waals surface area contributed by atoms with Crippen molar-refractivity contribution in [1.29, 1.82) is 5.41 Å². The molecule has 4 aromatic rings. The second-order valence-corrected chi connectivity index (χ2v) is 10.4. The van der Waals surface area contributed by atoms with Gasteiger partial charge in [-0.1, -0.05) is 42.5 Å². The van der Waals surface area contributed by atoms with E-state index in [2.05, 4.69) is 14.7 Å². The highest BCUT2D eigenvalue weighted by molar-refractivity contribution is 8.27. The first-order valence-corrected chi connectivity index (χ1v) is 13.8. The minimum atomic E-state index is -0.466. The Morgan fingerprint density at radius 3 is 2.54 bits per heavy atom. The average Bonchev–Trinajstić information content (AvgIpc) is 3.53. The van der Waals surface area contributed by atoms with Crippen molar-refractivity contribution in [1.82, 2.24) is 9.58 Å². The highest BCUT2D eigenvalue weighted by Gasteiger charge is 2.36. The maximum atomic E-state index is 13.1. The highest BCUT2D eigenvalue weighted by atomic mass is 32.2. The van der Waals surface area contributed by atoms with Gasteiger partial charge >= 0.3 is 0 Å². The van der Waals surface area contributed by atoms with Crippen molar-refractivity contribution < 1.29 is 19.0 Å². The summed E-state index contributed by atoms with van der Waals surface area (Å²) in [5.41, 5.74) is 3.01. The molecule has 9 nitrogen and oxygen atoms in total. The number of methoxy groups -OCH3 is 1. The van der Waals surface area contributed by atoms with Crippen LogP contribution in [-0.2, 0) is 11.3 Å². The van der Waals surface area contributed by atoms with Gasteiger partial charge in [-0.3, -0.25) is 10.2 Å². The first-order chi connectivity index (χ1) is 20.0. The van der Waals surface area contributed by atoms with Crippen molar-refractivity contribution in [3.8, 4) is 17.2 Å². The molecule has 3 aromatic carbocycles. The zero-order valence-corrected chi connectivity index (χ0v) is 23.4. The standard InChI is InChI=1S/C31H27N5O4S/c1-20-25(24-13-6-7-14-27(24)35(20)15-16-39-23-12-8-11-22(17-23)38-2)18-26-29(32)36-31(33-30(26)37)41-28(34-36)19-40-21-9-4-3-5-10-21/h3-14,17-18,32H,15-16,19H2,1-2H3. The average molecular weight is 566 g/mol. The summed E-state index contributed by atoms with van der Waals surface area (Å²) in [6.45, 7) is 3.26. The maximum Gasteiger partial charge on any atom is 0.283 e. The number of aliphatic imine (C=N–C) groups is 1. The Morgan fingerprint density at radius 1 is 0.951 bits per heavy atom. The molecule has 0 spiro atoms. The van der Waals surface area contributed by atoms with Gasteiger partial charge in [0, 0.05) is 28.2 Å². The molecule has 6 rings (SSSR count). The molecule has 0 fully saturated rings. The summed E-state index contributed by atoms with van der Waals surface area (Å²) in [5, 5.41) is 16.7. The SMILES string of the molecule is COc1cccc(OCCn2c(C)c(C=C3C(=N)N4N=C(COc5ccccc5)SC4=NC3=O)c3ccccc32)c1. The molecule has 0 saturated carbocycles. The largest absolute Gasteiger partial charge is 0.497 e. The van der Waals surface area contributed by atoms with Gasteiger partial charge in [0.05, 0.1) is 19.2 Å². The molecule has 3 heterocycles. The lowest BCUT2D eigenvalue weighted by atomic mass is 10.1. The fourth-order valence-electron chi connectivity index (χ4n) is 4.77. The van der Waals surface area contributed by atoms with E-state index in [1.165, 1.54) is 16.8 Å². The Morgan fingerprint density at radius 2 is 1.71 bits per heavy atom. The minimum Gasteiger partial charge on any atom is -0.497 e. The molecule has 10 heteroatoms. The normalized spacial score (nSPS) is 15.7. The van der Waals surface area contributed by atoms with E-state index in [4.69, 9.17) is 19.6 Å². The number of thioether (sulfide) groups is 1. The maximum absolute atomic E-state index is 13.1. The molecule has 1 N–H and O–H groups in total. The number of amides is 1. The summed E-state index contributed by atoms with van der Waals surface area (Å²) >= 11 is 1.24. The molecule has 0 radical (unpaired) electrons. The van der Waals surface area contributed by atoms with E-state index in [1.54, 1.807) is 13.2 Å². The van der Waals surface area contributed by atoms with E-state index in [0.717, 1.165) is 39.4 Å². The zero-order valence-electron chi connectivity index (χ0n) is 22.5. The Bertz CT molecular complexity index is 1740. The van der Waals surface area contributed by atoms with Crippen LogP contribution in [0.15, 0.2) is 94.5 Å². The smallest absolute Gasteiger partial charge is 0.283 e. The van der Waals surface area contributed by atoms with E-state index in [-0.39, 0.29) is 18.0 Å². The van der Waals surface area contributed by atoms with Crippen LogP contribution in [0.4, 0.5) is 0 Å². The number of ether oxygens (including phenoxy) is 3. The van der Waals surface area contributed by atoms with E-state index in [1.807, 2.05) is 85.8 Å². The van der Waals surface area contributed by atoms with Gasteiger partial charge < -0.3 is 18.8 Å². The van der Waals surface area contributed by atoms with Crippen LogP contribution < -0.4 is 14.2 Å². The Hall–Kier alpha value is -4.83. The third-order valence-electron chi connectivity index (χ3n) is 6.80. The number of carbonyl (C=O) groups is 1. The predicted molar refractivity (Wildman–Crippen MR) is 162 cm³/mol. The Kier molecular flexibility index (Phi) is 7.30. The molecular weight excluding hydrogens is 538 g/mol. The van der Waals surface area contributed by atoms with Crippen molar-refractivity contribution >= 4 is 50.7 Å². The minimum absolute atomic E-state index is 0.0141. The van der Waals surface area contributed by atoms with Crippen molar-refractivity contribution in [3.05, 3.63) is 95.7 Å². The summed E-state index contributed by atoms with van der Waals surface area (Å²) in [4.78, 5) is 17.4. The molecule has 0 saturated heterocycles. The summed E-state index contributed by atoms with van der Waals surface area (Å²) in [6, 6.07) is 24.9. The van der Waals surface area contributed by atoms with Gasteiger partial charge in [-0.05, 0) is 55.1 Å². The summed E-state index contributed by atoms with van der Waals surface area (Å²) < 4.78 is 19.2. The number of nitrogens with zero attached hydrogens (tertiary/aromatic N) is 4. The molecule has 0 aliphatic carbocycles. The topological polar surface area (TPSA) is 102 Å². The molecule has 0 unspecified atom stereocenters. The number of nitrogens with one attached hydrogen (secondary N) is 1. The van der Waals surface area contributed by atoms with Crippen LogP contribution in [0.3, 0.4) is 0 Å². The third-order valence-corrected chi connectivity index (χ3v) is 7.68. The number of hydrogen-bond acceptors (Lipinski definition) is 7. The van der Waals surface area contributed by atoms with Crippen molar-refractivity contribution in [2.45, 2.75) is 13.5 Å². The van der Waals surface area contributed by atoms with Crippen LogP contribution in [0.2, 0.25) is 0 Å². The lowest BCUT2D eigenvalue weighted by Gasteiger charge is -2.20. The number of benzene rings is 3. The van der Waals surface area contributed by atoms with Crippen molar-refractivity contribution in [2.75, 3.05) is 20.3 Å². The first kappa shape index (κ1) is 26.4. The third kappa shape index (κ3) is 5.33. The van der Waals surface area contributed by atoms with Gasteiger partial charge in [-0.25, -0.2) is 0 Å². The van der Waals surface area contributed by atoms with Crippen LogP contribution in [0.5, 0.6) is 17.2 Å². The Balaban J connectivity index is 1.24. The van der Waals surface area contributed by atoms with E-state index >= 15 is 0 Å². The lowest BCUT2D eigenvalue weighted by molar-refractivity contribution is -0.114. The molecular formula is C31H27N5O4S. The van der Waals surface area contributed by atoms with E-state index in [9.17, 15) is 4.79 Å². The van der Waals surface area contributed by atoms with Crippen LogP contribution >= 0.6 is 11.8 Å². The summed E-state index contributed by atoms with van der Waals surface area (Å²) in [7, 11) is 1.63. The number of hydrogen-bond donors (Lipinski definition) is 1. The Labute approximate surface area is 241 Å². The van der Waals surface area contributed by atoms with Gasteiger partial charge in [0.2, 0.25) is 5.17 Å². The number of fused-ring (bicyclic) bond motifs is 2. The van der Waals surface area contributed by atoms with Crippen molar-refractivity contribution in [2.24, 2.45) is 10.1 Å². The number of amidine groups is 2. The van der Waals surface area contributed by atoms with Crippen LogP contribution in [-0.4, -0.2) is 51.9 Å². The van der Waals surface area contributed by atoms with Gasteiger partial charge in [-0.2, -0.15) is 15.1 Å². The molecule has 206 valence electrons. The molecule has 0 bridgehead atoms. The molecule has 2 aliphatic rings. The zero-order chi connectivity index (χ0) is 28.3. The number of carbonyl (C=O) groups excluding carboxylic acids is 1. The molecule has 0 atom stereocenters. The number of rotatable bonds is 9. The highest BCUT2D eigenvalue weighted by Crippen LogP contribution is 2.32. The fraction of sp³-hybridized carbons (Fsp3) is 0.161. The number of hydrazone groups is 1. The number of aromatic nitrogens is 1.